The van der Waals surface area contributed by atoms with Crippen molar-refractivity contribution in [2.45, 2.75) is 6.10 Å². The SMILES string of the molecule is O=P(OC(CO)CO)(c1ccccc1)c1ccccc1. The van der Waals surface area contributed by atoms with Gasteiger partial charge in [-0.2, -0.15) is 0 Å². The van der Waals surface area contributed by atoms with Crippen LogP contribution in [0.15, 0.2) is 60.7 Å². The Morgan fingerprint density at radius 1 is 0.850 bits per heavy atom. The van der Waals surface area contributed by atoms with Gasteiger partial charge in [-0.15, -0.1) is 0 Å². The van der Waals surface area contributed by atoms with E-state index in [1.54, 1.807) is 48.5 Å². The van der Waals surface area contributed by atoms with E-state index >= 15 is 0 Å². The third-order valence-electron chi connectivity index (χ3n) is 2.90. The van der Waals surface area contributed by atoms with Gasteiger partial charge in [0.1, 0.15) is 6.10 Å². The van der Waals surface area contributed by atoms with E-state index in [-0.39, 0.29) is 13.2 Å². The molecule has 0 heterocycles. The molecule has 0 unspecified atom stereocenters. The first-order valence-electron chi connectivity index (χ1n) is 6.32. The first-order chi connectivity index (χ1) is 9.70. The van der Waals surface area contributed by atoms with Crippen LogP contribution in [-0.4, -0.2) is 29.5 Å². The summed E-state index contributed by atoms with van der Waals surface area (Å²) in [5, 5.41) is 19.4. The molecule has 2 aromatic rings. The lowest BCUT2D eigenvalue weighted by Crippen LogP contribution is -2.27. The molecule has 2 rings (SSSR count). The standard InChI is InChI=1S/C15H17O4P/c16-11-13(12-17)19-20(18,14-7-3-1-4-8-14)15-9-5-2-6-10-15/h1-10,13,16-17H,11-12H2. The molecule has 0 aliphatic rings. The number of benzene rings is 2. The summed E-state index contributed by atoms with van der Waals surface area (Å²) < 4.78 is 18.9. The van der Waals surface area contributed by atoms with Crippen LogP contribution in [0.4, 0.5) is 0 Å². The highest BCUT2D eigenvalue weighted by Crippen LogP contribution is 2.45. The lowest BCUT2D eigenvalue weighted by molar-refractivity contribution is 0.0679. The monoisotopic (exact) mass is 292 g/mol. The predicted octanol–water partition coefficient (Wildman–Crippen LogP) is 1.29. The lowest BCUT2D eigenvalue weighted by Gasteiger charge is -2.23. The maximum atomic E-state index is 13.3. The number of aliphatic hydroxyl groups is 2. The Balaban J connectivity index is 2.47. The summed E-state index contributed by atoms with van der Waals surface area (Å²) in [5.41, 5.74) is 0. The van der Waals surface area contributed by atoms with Crippen molar-refractivity contribution in [1.82, 2.24) is 0 Å². The van der Waals surface area contributed by atoms with E-state index < -0.39 is 13.5 Å². The van der Waals surface area contributed by atoms with Crippen LogP contribution >= 0.6 is 7.37 Å². The number of hydrogen-bond acceptors (Lipinski definition) is 4. The zero-order valence-electron chi connectivity index (χ0n) is 10.9. The molecule has 0 aliphatic carbocycles. The fourth-order valence-corrected chi connectivity index (χ4v) is 4.08. The van der Waals surface area contributed by atoms with Gasteiger partial charge >= 0.3 is 0 Å². The van der Waals surface area contributed by atoms with Crippen molar-refractivity contribution in [2.24, 2.45) is 0 Å². The molecule has 2 N–H and O–H groups in total. The van der Waals surface area contributed by atoms with E-state index in [2.05, 4.69) is 0 Å². The Bertz CT molecular complexity index is 523. The Morgan fingerprint density at radius 3 is 1.60 bits per heavy atom. The van der Waals surface area contributed by atoms with Gasteiger partial charge in [-0.1, -0.05) is 36.4 Å². The highest BCUT2D eigenvalue weighted by atomic mass is 31.2. The van der Waals surface area contributed by atoms with Crippen molar-refractivity contribution in [3.63, 3.8) is 0 Å². The molecule has 2 aromatic carbocycles. The molecule has 0 aliphatic heterocycles. The van der Waals surface area contributed by atoms with Crippen LogP contribution in [-0.2, 0) is 9.09 Å². The highest BCUT2D eigenvalue weighted by Gasteiger charge is 2.31. The van der Waals surface area contributed by atoms with Crippen molar-refractivity contribution in [1.29, 1.82) is 0 Å². The van der Waals surface area contributed by atoms with Gasteiger partial charge in [-0.05, 0) is 24.3 Å². The van der Waals surface area contributed by atoms with E-state index in [1.165, 1.54) is 0 Å². The highest BCUT2D eigenvalue weighted by molar-refractivity contribution is 7.74. The van der Waals surface area contributed by atoms with E-state index in [4.69, 9.17) is 4.52 Å². The fourth-order valence-electron chi connectivity index (χ4n) is 1.85. The van der Waals surface area contributed by atoms with Gasteiger partial charge in [0, 0.05) is 10.6 Å². The molecule has 0 fully saturated rings. The van der Waals surface area contributed by atoms with Gasteiger partial charge in [0.25, 0.3) is 7.37 Å². The van der Waals surface area contributed by atoms with Crippen molar-refractivity contribution in [3.8, 4) is 0 Å². The van der Waals surface area contributed by atoms with Gasteiger partial charge in [0.2, 0.25) is 0 Å². The van der Waals surface area contributed by atoms with Crippen LogP contribution in [0.2, 0.25) is 0 Å². The molecular weight excluding hydrogens is 275 g/mol. The smallest absolute Gasteiger partial charge is 0.261 e. The van der Waals surface area contributed by atoms with Crippen molar-refractivity contribution >= 4 is 18.0 Å². The van der Waals surface area contributed by atoms with Crippen LogP contribution in [0, 0.1) is 0 Å². The van der Waals surface area contributed by atoms with Crippen LogP contribution in [0.3, 0.4) is 0 Å². The maximum absolute atomic E-state index is 13.3. The van der Waals surface area contributed by atoms with Gasteiger partial charge in [0.15, 0.2) is 0 Å². The topological polar surface area (TPSA) is 66.8 Å². The largest absolute Gasteiger partial charge is 0.394 e. The average Bonchev–Trinajstić information content (AvgIpc) is 2.54. The summed E-state index contributed by atoms with van der Waals surface area (Å²) in [7, 11) is -3.33. The molecule has 0 aromatic heterocycles. The molecule has 20 heavy (non-hydrogen) atoms. The minimum atomic E-state index is -3.33. The first kappa shape index (κ1) is 14.9. The van der Waals surface area contributed by atoms with Crippen molar-refractivity contribution in [2.75, 3.05) is 13.2 Å². The molecule has 0 amide bonds. The summed E-state index contributed by atoms with van der Waals surface area (Å²) in [6.07, 6.45) is -0.874. The number of hydrogen-bond donors (Lipinski definition) is 2. The van der Waals surface area contributed by atoms with Crippen LogP contribution in [0.5, 0.6) is 0 Å². The third-order valence-corrected chi connectivity index (χ3v) is 5.45. The molecular formula is C15H17O4P. The van der Waals surface area contributed by atoms with Crippen LogP contribution in [0.1, 0.15) is 0 Å². The molecule has 0 bridgehead atoms. The zero-order valence-corrected chi connectivity index (χ0v) is 11.8. The van der Waals surface area contributed by atoms with E-state index in [0.29, 0.717) is 10.6 Å². The molecule has 4 nitrogen and oxygen atoms in total. The van der Waals surface area contributed by atoms with Crippen molar-refractivity contribution < 1.29 is 19.3 Å². The summed E-state index contributed by atoms with van der Waals surface area (Å²) in [6.45, 7) is -0.777. The second-order valence-corrected chi connectivity index (χ2v) is 6.66. The fraction of sp³-hybridized carbons (Fsp3) is 0.200. The Kier molecular flexibility index (Phi) is 5.10. The third kappa shape index (κ3) is 3.17. The minimum Gasteiger partial charge on any atom is -0.394 e. The summed E-state index contributed by atoms with van der Waals surface area (Å²) >= 11 is 0. The summed E-state index contributed by atoms with van der Waals surface area (Å²) in [5.74, 6) is 0. The number of aliphatic hydroxyl groups excluding tert-OH is 2. The molecule has 0 atom stereocenters. The summed E-state index contributed by atoms with van der Waals surface area (Å²) in [4.78, 5) is 0. The molecule has 0 spiro atoms. The lowest BCUT2D eigenvalue weighted by atomic mass is 10.4. The van der Waals surface area contributed by atoms with Crippen molar-refractivity contribution in [3.05, 3.63) is 60.7 Å². The van der Waals surface area contributed by atoms with Gasteiger partial charge in [-0.25, -0.2) is 0 Å². The molecule has 5 heteroatoms. The maximum Gasteiger partial charge on any atom is 0.261 e. The molecule has 0 saturated heterocycles. The normalized spacial score (nSPS) is 11.8. The van der Waals surface area contributed by atoms with E-state index in [9.17, 15) is 14.8 Å². The molecule has 106 valence electrons. The Hall–Kier alpha value is -1.45. The molecule has 0 saturated carbocycles. The first-order valence-corrected chi connectivity index (χ1v) is 7.94. The van der Waals surface area contributed by atoms with Crippen LogP contribution in [0.25, 0.3) is 0 Å². The van der Waals surface area contributed by atoms with Gasteiger partial charge in [-0.3, -0.25) is 4.57 Å². The Labute approximate surface area is 118 Å². The minimum absolute atomic E-state index is 0.389. The Morgan fingerprint density at radius 2 is 1.25 bits per heavy atom. The average molecular weight is 292 g/mol. The second-order valence-electron chi connectivity index (χ2n) is 4.32. The quantitative estimate of drug-likeness (QED) is 0.787. The number of rotatable bonds is 6. The van der Waals surface area contributed by atoms with Gasteiger partial charge < -0.3 is 14.7 Å². The predicted molar refractivity (Wildman–Crippen MR) is 78.8 cm³/mol. The van der Waals surface area contributed by atoms with Crippen LogP contribution < -0.4 is 10.6 Å². The van der Waals surface area contributed by atoms with E-state index in [0.717, 1.165) is 0 Å². The zero-order chi connectivity index (χ0) is 14.4. The van der Waals surface area contributed by atoms with Gasteiger partial charge in [0.05, 0.1) is 13.2 Å². The molecule has 0 radical (unpaired) electrons. The van der Waals surface area contributed by atoms with E-state index in [1.807, 2.05) is 12.1 Å². The second kappa shape index (κ2) is 6.82. The summed E-state index contributed by atoms with van der Waals surface area (Å²) in [6, 6.07) is 17.7.